The molecule has 1 fully saturated rings. The highest BCUT2D eigenvalue weighted by atomic mass is 16.5. The van der Waals surface area contributed by atoms with Crippen molar-refractivity contribution >= 4 is 17.3 Å². The van der Waals surface area contributed by atoms with E-state index in [1.54, 1.807) is 0 Å². The van der Waals surface area contributed by atoms with Crippen LogP contribution < -0.4 is 9.80 Å². The molecule has 4 rings (SSSR count). The molecular formula is C20H22N2O2. The summed E-state index contributed by atoms with van der Waals surface area (Å²) in [6, 6.07) is 14.3. The van der Waals surface area contributed by atoms with E-state index in [9.17, 15) is 4.79 Å². The lowest BCUT2D eigenvalue weighted by molar-refractivity contribution is 0.0989. The highest BCUT2D eigenvalue weighted by Gasteiger charge is 2.26. The number of carbonyl (C=O) groups excluding carboxylic acids is 1. The van der Waals surface area contributed by atoms with Gasteiger partial charge in [-0.1, -0.05) is 23.8 Å². The van der Waals surface area contributed by atoms with Crippen LogP contribution in [0.3, 0.4) is 0 Å². The second-order valence-corrected chi connectivity index (χ2v) is 6.49. The number of nitrogens with zero attached hydrogens (tertiary/aromatic N) is 2. The lowest BCUT2D eigenvalue weighted by Crippen LogP contribution is -2.36. The van der Waals surface area contributed by atoms with Gasteiger partial charge in [0.1, 0.15) is 0 Å². The minimum atomic E-state index is 0.0941. The van der Waals surface area contributed by atoms with Crippen LogP contribution in [0.15, 0.2) is 42.5 Å². The molecule has 0 radical (unpaired) electrons. The number of morpholine rings is 1. The fraction of sp³-hybridized carbons (Fsp3) is 0.350. The highest BCUT2D eigenvalue weighted by Crippen LogP contribution is 2.33. The Hall–Kier alpha value is -2.33. The molecule has 2 aliphatic rings. The number of benzene rings is 2. The first-order valence-corrected chi connectivity index (χ1v) is 8.56. The number of ether oxygens (including phenoxy) is 1. The maximum Gasteiger partial charge on any atom is 0.258 e. The van der Waals surface area contributed by atoms with E-state index in [-0.39, 0.29) is 5.91 Å². The number of hydrogen-bond acceptors (Lipinski definition) is 3. The molecular weight excluding hydrogens is 300 g/mol. The summed E-state index contributed by atoms with van der Waals surface area (Å²) >= 11 is 0. The number of anilines is 2. The van der Waals surface area contributed by atoms with E-state index in [0.29, 0.717) is 0 Å². The number of carbonyl (C=O) groups is 1. The van der Waals surface area contributed by atoms with Gasteiger partial charge in [0.2, 0.25) is 0 Å². The molecule has 24 heavy (non-hydrogen) atoms. The Kier molecular flexibility index (Phi) is 3.98. The Morgan fingerprint density at radius 3 is 2.67 bits per heavy atom. The third kappa shape index (κ3) is 2.78. The molecule has 0 aliphatic carbocycles. The van der Waals surface area contributed by atoms with Crippen LogP contribution in [0, 0.1) is 6.92 Å². The van der Waals surface area contributed by atoms with Crippen molar-refractivity contribution in [2.45, 2.75) is 13.3 Å². The van der Waals surface area contributed by atoms with Crippen LogP contribution in [0.5, 0.6) is 0 Å². The summed E-state index contributed by atoms with van der Waals surface area (Å²) in [4.78, 5) is 17.2. The van der Waals surface area contributed by atoms with Crippen molar-refractivity contribution in [2.24, 2.45) is 0 Å². The van der Waals surface area contributed by atoms with Gasteiger partial charge in [-0.15, -0.1) is 0 Å². The maximum atomic E-state index is 12.9. The van der Waals surface area contributed by atoms with Gasteiger partial charge in [0, 0.05) is 36.6 Å². The molecule has 1 amide bonds. The fourth-order valence-electron chi connectivity index (χ4n) is 3.53. The minimum absolute atomic E-state index is 0.0941. The first-order valence-electron chi connectivity index (χ1n) is 8.56. The van der Waals surface area contributed by atoms with Crippen LogP contribution in [0.1, 0.15) is 21.5 Å². The molecule has 0 atom stereocenters. The minimum Gasteiger partial charge on any atom is -0.378 e. The molecule has 0 bridgehead atoms. The van der Waals surface area contributed by atoms with Crippen LogP contribution in [0.2, 0.25) is 0 Å². The molecule has 2 aliphatic heterocycles. The van der Waals surface area contributed by atoms with E-state index < -0.39 is 0 Å². The molecule has 2 aromatic carbocycles. The molecule has 0 spiro atoms. The van der Waals surface area contributed by atoms with E-state index in [1.165, 1.54) is 11.3 Å². The van der Waals surface area contributed by atoms with Crippen LogP contribution >= 0.6 is 0 Å². The SMILES string of the molecule is Cc1cccc(C(=O)N2CCc3ccc(N4CCOCC4)cc32)c1. The van der Waals surface area contributed by atoms with E-state index >= 15 is 0 Å². The lowest BCUT2D eigenvalue weighted by Gasteiger charge is -2.29. The highest BCUT2D eigenvalue weighted by molar-refractivity contribution is 6.07. The summed E-state index contributed by atoms with van der Waals surface area (Å²) in [7, 11) is 0. The summed E-state index contributed by atoms with van der Waals surface area (Å²) in [5.74, 6) is 0.0941. The van der Waals surface area contributed by atoms with Crippen molar-refractivity contribution in [3.05, 3.63) is 59.2 Å². The maximum absolute atomic E-state index is 12.9. The first-order chi connectivity index (χ1) is 11.7. The molecule has 4 heteroatoms. The van der Waals surface area contributed by atoms with Crippen molar-refractivity contribution < 1.29 is 9.53 Å². The number of aryl methyl sites for hydroxylation is 1. The van der Waals surface area contributed by atoms with Crippen molar-refractivity contribution in [3.8, 4) is 0 Å². The molecule has 2 aromatic rings. The average molecular weight is 322 g/mol. The summed E-state index contributed by atoms with van der Waals surface area (Å²) in [5, 5.41) is 0. The van der Waals surface area contributed by atoms with Gasteiger partial charge in [0.25, 0.3) is 5.91 Å². The van der Waals surface area contributed by atoms with Gasteiger partial charge in [-0.3, -0.25) is 4.79 Å². The zero-order chi connectivity index (χ0) is 16.5. The van der Waals surface area contributed by atoms with E-state index in [0.717, 1.165) is 56.1 Å². The Morgan fingerprint density at radius 1 is 1.04 bits per heavy atom. The molecule has 0 N–H and O–H groups in total. The van der Waals surface area contributed by atoms with Crippen LogP contribution in [-0.2, 0) is 11.2 Å². The largest absolute Gasteiger partial charge is 0.378 e. The Morgan fingerprint density at radius 2 is 1.88 bits per heavy atom. The second kappa shape index (κ2) is 6.29. The summed E-state index contributed by atoms with van der Waals surface area (Å²) in [6.07, 6.45) is 0.927. The topological polar surface area (TPSA) is 32.8 Å². The predicted molar refractivity (Wildman–Crippen MR) is 96.0 cm³/mol. The summed E-state index contributed by atoms with van der Waals surface area (Å²) in [6.45, 7) is 6.13. The molecule has 0 aromatic heterocycles. The summed E-state index contributed by atoms with van der Waals surface area (Å²) in [5.41, 5.74) is 5.38. The Balaban J connectivity index is 1.63. The predicted octanol–water partition coefficient (Wildman–Crippen LogP) is 3.03. The van der Waals surface area contributed by atoms with Gasteiger partial charge >= 0.3 is 0 Å². The van der Waals surface area contributed by atoms with E-state index in [2.05, 4.69) is 23.1 Å². The zero-order valence-corrected chi connectivity index (χ0v) is 14.0. The van der Waals surface area contributed by atoms with Crippen LogP contribution in [-0.4, -0.2) is 38.8 Å². The third-order valence-electron chi connectivity index (χ3n) is 4.85. The molecule has 1 saturated heterocycles. The molecule has 2 heterocycles. The quantitative estimate of drug-likeness (QED) is 0.852. The Bertz CT molecular complexity index is 766. The standard InChI is InChI=1S/C20H22N2O2/c1-15-3-2-4-17(13-15)20(23)22-8-7-16-5-6-18(14-19(16)22)21-9-11-24-12-10-21/h2-6,13-14H,7-12H2,1H3. The average Bonchev–Trinajstić information content (AvgIpc) is 3.05. The van der Waals surface area contributed by atoms with Crippen molar-refractivity contribution in [2.75, 3.05) is 42.6 Å². The molecule has 0 saturated carbocycles. The zero-order valence-electron chi connectivity index (χ0n) is 14.0. The van der Waals surface area contributed by atoms with E-state index in [1.807, 2.05) is 36.1 Å². The lowest BCUT2D eigenvalue weighted by atomic mass is 10.1. The Labute approximate surface area is 142 Å². The second-order valence-electron chi connectivity index (χ2n) is 6.49. The molecule has 4 nitrogen and oxygen atoms in total. The number of hydrogen-bond donors (Lipinski definition) is 0. The van der Waals surface area contributed by atoms with Gasteiger partial charge in [-0.2, -0.15) is 0 Å². The van der Waals surface area contributed by atoms with Gasteiger partial charge in [0.05, 0.1) is 13.2 Å². The number of amides is 1. The van der Waals surface area contributed by atoms with Crippen molar-refractivity contribution in [3.63, 3.8) is 0 Å². The molecule has 0 unspecified atom stereocenters. The fourth-order valence-corrected chi connectivity index (χ4v) is 3.53. The summed E-state index contributed by atoms with van der Waals surface area (Å²) < 4.78 is 5.44. The van der Waals surface area contributed by atoms with E-state index in [4.69, 9.17) is 4.74 Å². The number of fused-ring (bicyclic) bond motifs is 1. The van der Waals surface area contributed by atoms with Gasteiger partial charge in [-0.25, -0.2) is 0 Å². The first kappa shape index (κ1) is 15.2. The molecule has 124 valence electrons. The normalized spacial score (nSPS) is 17.0. The third-order valence-corrected chi connectivity index (χ3v) is 4.85. The van der Waals surface area contributed by atoms with Crippen molar-refractivity contribution in [1.29, 1.82) is 0 Å². The van der Waals surface area contributed by atoms with Gasteiger partial charge in [0.15, 0.2) is 0 Å². The van der Waals surface area contributed by atoms with Gasteiger partial charge in [-0.05, 0) is 43.2 Å². The number of rotatable bonds is 2. The van der Waals surface area contributed by atoms with Crippen LogP contribution in [0.25, 0.3) is 0 Å². The van der Waals surface area contributed by atoms with Crippen LogP contribution in [0.4, 0.5) is 11.4 Å². The smallest absolute Gasteiger partial charge is 0.258 e. The van der Waals surface area contributed by atoms with Gasteiger partial charge < -0.3 is 14.5 Å². The van der Waals surface area contributed by atoms with Crippen molar-refractivity contribution in [1.82, 2.24) is 0 Å². The monoisotopic (exact) mass is 322 g/mol.